The third kappa shape index (κ3) is 9.48. The van der Waals surface area contributed by atoms with Gasteiger partial charge in [0.1, 0.15) is 0 Å². The molecule has 0 fully saturated rings. The molecule has 0 bridgehead atoms. The second-order valence-electron chi connectivity index (χ2n) is 3.00. The lowest BCUT2D eigenvalue weighted by Crippen LogP contribution is -2.28. The fourth-order valence-corrected chi connectivity index (χ4v) is 1.02. The van der Waals surface area contributed by atoms with Crippen molar-refractivity contribution in [2.75, 3.05) is 32.8 Å². The zero-order valence-corrected chi connectivity index (χ0v) is 9.27. The van der Waals surface area contributed by atoms with Gasteiger partial charge in [0.05, 0.1) is 6.61 Å². The molecule has 0 rings (SSSR count). The average molecular weight is 202 g/mol. The Hall–Kier alpha value is -0.610. The first kappa shape index (κ1) is 13.4. The van der Waals surface area contributed by atoms with Gasteiger partial charge in [-0.1, -0.05) is 6.92 Å². The van der Waals surface area contributed by atoms with Crippen LogP contribution in [-0.2, 0) is 9.53 Å². The lowest BCUT2D eigenvalue weighted by atomic mass is 10.3. The predicted octanol–water partition coefficient (Wildman–Crippen LogP) is 0.529. The van der Waals surface area contributed by atoms with Crippen LogP contribution in [0.3, 0.4) is 0 Å². The Bertz CT molecular complexity index is 140. The van der Waals surface area contributed by atoms with Crippen LogP contribution in [-0.4, -0.2) is 38.8 Å². The lowest BCUT2D eigenvalue weighted by molar-refractivity contribution is -0.122. The molecule has 0 aliphatic rings. The van der Waals surface area contributed by atoms with E-state index in [2.05, 4.69) is 17.6 Å². The van der Waals surface area contributed by atoms with E-state index in [1.165, 1.54) is 0 Å². The van der Waals surface area contributed by atoms with Gasteiger partial charge in [0, 0.05) is 19.6 Å². The maximum atomic E-state index is 11.1. The molecule has 0 aromatic heterocycles. The molecule has 0 saturated carbocycles. The van der Waals surface area contributed by atoms with E-state index in [1.54, 1.807) is 0 Å². The summed E-state index contributed by atoms with van der Waals surface area (Å²) in [7, 11) is 0. The van der Waals surface area contributed by atoms with Gasteiger partial charge in [-0.3, -0.25) is 4.79 Å². The summed E-state index contributed by atoms with van der Waals surface area (Å²) >= 11 is 0. The Balaban J connectivity index is 3.10. The van der Waals surface area contributed by atoms with Gasteiger partial charge in [-0.2, -0.15) is 0 Å². The first-order valence-electron chi connectivity index (χ1n) is 5.36. The van der Waals surface area contributed by atoms with E-state index in [1.807, 2.05) is 6.92 Å². The monoisotopic (exact) mass is 202 g/mol. The molecule has 84 valence electrons. The van der Waals surface area contributed by atoms with Crippen molar-refractivity contribution in [1.82, 2.24) is 10.6 Å². The minimum atomic E-state index is 0.0787. The van der Waals surface area contributed by atoms with Crippen molar-refractivity contribution in [3.63, 3.8) is 0 Å². The van der Waals surface area contributed by atoms with Crippen LogP contribution >= 0.6 is 0 Å². The fraction of sp³-hybridized carbons (Fsp3) is 0.900. The van der Waals surface area contributed by atoms with E-state index < -0.39 is 0 Å². The average Bonchev–Trinajstić information content (AvgIpc) is 2.18. The van der Waals surface area contributed by atoms with Gasteiger partial charge in [0.25, 0.3) is 0 Å². The van der Waals surface area contributed by atoms with Crippen molar-refractivity contribution in [1.29, 1.82) is 0 Å². The highest BCUT2D eigenvalue weighted by atomic mass is 16.5. The van der Waals surface area contributed by atoms with Crippen LogP contribution in [0.15, 0.2) is 0 Å². The van der Waals surface area contributed by atoms with E-state index in [4.69, 9.17) is 4.74 Å². The summed E-state index contributed by atoms with van der Waals surface area (Å²) in [5.74, 6) is 0.0787. The molecule has 0 aromatic rings. The van der Waals surface area contributed by atoms with Crippen molar-refractivity contribution in [3.05, 3.63) is 0 Å². The predicted molar refractivity (Wildman–Crippen MR) is 57.3 cm³/mol. The summed E-state index contributed by atoms with van der Waals surface area (Å²) in [5.41, 5.74) is 0. The highest BCUT2D eigenvalue weighted by molar-refractivity contribution is 5.75. The highest BCUT2D eigenvalue weighted by Gasteiger charge is 1.98. The molecule has 0 spiro atoms. The molecule has 1 amide bonds. The molecule has 0 radical (unpaired) electrons. The van der Waals surface area contributed by atoms with Crippen LogP contribution < -0.4 is 10.6 Å². The van der Waals surface area contributed by atoms with Crippen molar-refractivity contribution in [2.24, 2.45) is 0 Å². The molecule has 0 atom stereocenters. The topological polar surface area (TPSA) is 50.4 Å². The number of nitrogens with one attached hydrogen (secondary N) is 2. The smallest absolute Gasteiger partial charge is 0.222 e. The number of hydrogen-bond donors (Lipinski definition) is 2. The SMILES string of the molecule is CCNCCCNC(=O)CCOCC. The van der Waals surface area contributed by atoms with Crippen LogP contribution in [0, 0.1) is 0 Å². The summed E-state index contributed by atoms with van der Waals surface area (Å²) < 4.78 is 5.08. The lowest BCUT2D eigenvalue weighted by Gasteiger charge is -2.05. The minimum absolute atomic E-state index is 0.0787. The molecule has 4 nitrogen and oxygen atoms in total. The maximum Gasteiger partial charge on any atom is 0.222 e. The standard InChI is InChI=1S/C10H22N2O2/c1-3-11-7-5-8-12-10(13)6-9-14-4-2/h11H,3-9H2,1-2H3,(H,12,13). The van der Waals surface area contributed by atoms with Gasteiger partial charge >= 0.3 is 0 Å². The summed E-state index contributed by atoms with van der Waals surface area (Å²) in [5, 5.41) is 6.04. The fourth-order valence-electron chi connectivity index (χ4n) is 1.02. The van der Waals surface area contributed by atoms with E-state index >= 15 is 0 Å². The Labute approximate surface area is 86.4 Å². The van der Waals surface area contributed by atoms with Gasteiger partial charge < -0.3 is 15.4 Å². The van der Waals surface area contributed by atoms with Gasteiger partial charge in [-0.05, 0) is 26.4 Å². The largest absolute Gasteiger partial charge is 0.381 e. The molecular weight excluding hydrogens is 180 g/mol. The molecule has 14 heavy (non-hydrogen) atoms. The van der Waals surface area contributed by atoms with E-state index in [0.29, 0.717) is 19.6 Å². The normalized spacial score (nSPS) is 10.1. The molecule has 0 saturated heterocycles. The van der Waals surface area contributed by atoms with E-state index in [9.17, 15) is 4.79 Å². The number of amides is 1. The minimum Gasteiger partial charge on any atom is -0.381 e. The molecule has 0 heterocycles. The van der Waals surface area contributed by atoms with Gasteiger partial charge in [0.15, 0.2) is 0 Å². The number of carbonyl (C=O) groups is 1. The van der Waals surface area contributed by atoms with E-state index in [0.717, 1.165) is 26.1 Å². The molecule has 0 aliphatic carbocycles. The van der Waals surface area contributed by atoms with Gasteiger partial charge in [-0.25, -0.2) is 0 Å². The van der Waals surface area contributed by atoms with Crippen LogP contribution in [0.4, 0.5) is 0 Å². The van der Waals surface area contributed by atoms with Crippen LogP contribution in [0.25, 0.3) is 0 Å². The summed E-state index contributed by atoms with van der Waals surface area (Å²) in [6, 6.07) is 0. The first-order valence-corrected chi connectivity index (χ1v) is 5.36. The third-order valence-electron chi connectivity index (χ3n) is 1.78. The third-order valence-corrected chi connectivity index (χ3v) is 1.78. The van der Waals surface area contributed by atoms with Crippen molar-refractivity contribution in [3.8, 4) is 0 Å². The van der Waals surface area contributed by atoms with E-state index in [-0.39, 0.29) is 5.91 Å². The molecule has 0 unspecified atom stereocenters. The maximum absolute atomic E-state index is 11.1. The number of ether oxygens (including phenoxy) is 1. The van der Waals surface area contributed by atoms with Gasteiger partial charge in [0.2, 0.25) is 5.91 Å². The highest BCUT2D eigenvalue weighted by Crippen LogP contribution is 1.83. The molecule has 0 aliphatic heterocycles. The van der Waals surface area contributed by atoms with Crippen LogP contribution in [0.2, 0.25) is 0 Å². The number of rotatable bonds is 9. The molecule has 4 heteroatoms. The zero-order valence-electron chi connectivity index (χ0n) is 9.27. The van der Waals surface area contributed by atoms with Crippen LogP contribution in [0.5, 0.6) is 0 Å². The molecular formula is C10H22N2O2. The molecule has 2 N–H and O–H groups in total. The number of carbonyl (C=O) groups excluding carboxylic acids is 1. The Morgan fingerprint density at radius 2 is 2.07 bits per heavy atom. The number of hydrogen-bond acceptors (Lipinski definition) is 3. The summed E-state index contributed by atoms with van der Waals surface area (Å²) in [4.78, 5) is 11.1. The quantitative estimate of drug-likeness (QED) is 0.536. The zero-order chi connectivity index (χ0) is 10.6. The molecule has 0 aromatic carbocycles. The summed E-state index contributed by atoms with van der Waals surface area (Å²) in [6.07, 6.45) is 1.45. The Morgan fingerprint density at radius 3 is 2.71 bits per heavy atom. The second kappa shape index (κ2) is 10.5. The van der Waals surface area contributed by atoms with Crippen molar-refractivity contribution in [2.45, 2.75) is 26.7 Å². The second-order valence-corrected chi connectivity index (χ2v) is 3.00. The van der Waals surface area contributed by atoms with Gasteiger partial charge in [-0.15, -0.1) is 0 Å². The van der Waals surface area contributed by atoms with Crippen molar-refractivity contribution >= 4 is 5.91 Å². The van der Waals surface area contributed by atoms with Crippen molar-refractivity contribution < 1.29 is 9.53 Å². The summed E-state index contributed by atoms with van der Waals surface area (Å²) in [6.45, 7) is 7.89. The first-order chi connectivity index (χ1) is 6.81. The Kier molecular flexibility index (Phi) is 10.0. The van der Waals surface area contributed by atoms with Crippen LogP contribution in [0.1, 0.15) is 26.7 Å². The Morgan fingerprint density at radius 1 is 1.29 bits per heavy atom.